The number of hydrogen-bond donors (Lipinski definition) is 2. The maximum absolute atomic E-state index is 13.4. The van der Waals surface area contributed by atoms with Gasteiger partial charge in [0, 0.05) is 16.7 Å². The largest absolute Gasteiger partial charge is 0.524 e. The van der Waals surface area contributed by atoms with Gasteiger partial charge in [-0.3, -0.25) is 14.6 Å². The van der Waals surface area contributed by atoms with Gasteiger partial charge in [-0.25, -0.2) is 4.57 Å². The second-order valence-corrected chi connectivity index (χ2v) is 7.77. The zero-order valence-corrected chi connectivity index (χ0v) is 18.4. The first-order valence-corrected chi connectivity index (χ1v) is 10.8. The maximum atomic E-state index is 13.4. The van der Waals surface area contributed by atoms with E-state index < -0.39 is 7.82 Å². The fourth-order valence-electron chi connectivity index (χ4n) is 3.54. The third-order valence-electron chi connectivity index (χ3n) is 4.86. The highest BCUT2D eigenvalue weighted by atomic mass is 31.2. The number of fused-ring (bicyclic) bond motifs is 1. The highest BCUT2D eigenvalue weighted by molar-refractivity contribution is 7.46. The summed E-state index contributed by atoms with van der Waals surface area (Å²) in [5.41, 5.74) is 1.67. The molecule has 2 N–H and O–H groups in total. The summed E-state index contributed by atoms with van der Waals surface area (Å²) in [6.45, 7) is 0. The predicted octanol–water partition coefficient (Wildman–Crippen LogP) is 3.41. The number of allylic oxidation sites excluding steroid dienone is 2. The van der Waals surface area contributed by atoms with Gasteiger partial charge in [0.25, 0.3) is 0 Å². The number of rotatable bonds is 8. The summed E-state index contributed by atoms with van der Waals surface area (Å²) in [4.78, 5) is 32.0. The Morgan fingerprint density at radius 1 is 0.903 bits per heavy atom. The molecule has 3 rings (SSSR count). The molecule has 1 aliphatic carbocycles. The van der Waals surface area contributed by atoms with Gasteiger partial charge in [0.15, 0.2) is 28.8 Å². The molecule has 10 heteroatoms. The van der Waals surface area contributed by atoms with Crippen molar-refractivity contribution in [3.8, 4) is 28.7 Å². The summed E-state index contributed by atoms with van der Waals surface area (Å²) in [5, 5.41) is 0. The molecule has 0 bridgehead atoms. The predicted molar refractivity (Wildman–Crippen MR) is 112 cm³/mol. The molecule has 0 saturated carbocycles. The fraction of sp³-hybridized carbons (Fsp3) is 0.286. The van der Waals surface area contributed by atoms with Crippen LogP contribution in [0.2, 0.25) is 0 Å². The monoisotopic (exact) mass is 450 g/mol. The van der Waals surface area contributed by atoms with Gasteiger partial charge >= 0.3 is 7.82 Å². The van der Waals surface area contributed by atoms with E-state index in [9.17, 15) is 19.1 Å². The van der Waals surface area contributed by atoms with Crippen molar-refractivity contribution in [2.45, 2.75) is 12.8 Å². The van der Waals surface area contributed by atoms with E-state index in [4.69, 9.17) is 23.5 Å². The third-order valence-corrected chi connectivity index (χ3v) is 5.28. The zero-order valence-electron chi connectivity index (χ0n) is 17.5. The first-order valence-electron chi connectivity index (χ1n) is 9.24. The summed E-state index contributed by atoms with van der Waals surface area (Å²) in [7, 11) is 0.916. The van der Waals surface area contributed by atoms with Gasteiger partial charge < -0.3 is 23.5 Å². The quantitative estimate of drug-likeness (QED) is 0.460. The number of phosphoric ester groups is 1. The van der Waals surface area contributed by atoms with Gasteiger partial charge in [-0.05, 0) is 36.6 Å². The third kappa shape index (κ3) is 4.54. The van der Waals surface area contributed by atoms with Gasteiger partial charge in [-0.1, -0.05) is 12.1 Å². The van der Waals surface area contributed by atoms with Crippen molar-refractivity contribution in [3.05, 3.63) is 47.0 Å². The van der Waals surface area contributed by atoms with Crippen LogP contribution in [0.4, 0.5) is 0 Å². The lowest BCUT2D eigenvalue weighted by Gasteiger charge is -2.22. The summed E-state index contributed by atoms with van der Waals surface area (Å²) in [5.74, 6) is 0.818. The van der Waals surface area contributed by atoms with E-state index in [2.05, 4.69) is 0 Å². The zero-order chi connectivity index (χ0) is 22.8. The Bertz CT molecular complexity index is 1060. The van der Waals surface area contributed by atoms with E-state index in [-0.39, 0.29) is 17.3 Å². The summed E-state index contributed by atoms with van der Waals surface area (Å²) < 4.78 is 37.6. The number of hydrogen-bond acceptors (Lipinski definition) is 7. The van der Waals surface area contributed by atoms with E-state index in [0.717, 1.165) is 0 Å². The van der Waals surface area contributed by atoms with Gasteiger partial charge in [0.05, 0.1) is 28.4 Å². The highest BCUT2D eigenvalue weighted by Gasteiger charge is 2.29. The van der Waals surface area contributed by atoms with E-state index in [1.54, 1.807) is 24.3 Å². The average molecular weight is 450 g/mol. The van der Waals surface area contributed by atoms with E-state index in [1.807, 2.05) is 0 Å². The number of carbonyl (C=O) groups is 1. The minimum absolute atomic E-state index is 0.0726. The van der Waals surface area contributed by atoms with Gasteiger partial charge in [0.1, 0.15) is 0 Å². The Balaban J connectivity index is 2.11. The van der Waals surface area contributed by atoms with Crippen LogP contribution in [0.5, 0.6) is 28.7 Å². The summed E-state index contributed by atoms with van der Waals surface area (Å²) in [6, 6.07) is 6.28. The Kier molecular flexibility index (Phi) is 6.59. The molecule has 2 aromatic carbocycles. The Morgan fingerprint density at radius 2 is 1.52 bits per heavy atom. The van der Waals surface area contributed by atoms with Crippen LogP contribution >= 0.6 is 7.82 Å². The van der Waals surface area contributed by atoms with Crippen LogP contribution in [0, 0.1) is 0 Å². The molecule has 2 aromatic rings. The van der Waals surface area contributed by atoms with Crippen molar-refractivity contribution >= 4 is 19.2 Å². The average Bonchev–Trinajstić information content (AvgIpc) is 2.76. The molecule has 0 atom stereocenters. The number of phosphoric acid groups is 1. The molecule has 0 spiro atoms. The molecule has 0 radical (unpaired) electrons. The van der Waals surface area contributed by atoms with Crippen molar-refractivity contribution < 1.29 is 42.6 Å². The van der Waals surface area contributed by atoms with Crippen LogP contribution in [-0.4, -0.2) is 44.0 Å². The topological polar surface area (TPSA) is 121 Å². The highest BCUT2D eigenvalue weighted by Crippen LogP contribution is 2.48. The number of benzene rings is 2. The molecule has 31 heavy (non-hydrogen) atoms. The van der Waals surface area contributed by atoms with E-state index in [0.29, 0.717) is 52.4 Å². The van der Waals surface area contributed by atoms with Crippen molar-refractivity contribution in [1.29, 1.82) is 0 Å². The van der Waals surface area contributed by atoms with Crippen molar-refractivity contribution in [2.75, 3.05) is 28.4 Å². The molecule has 0 fully saturated rings. The van der Waals surface area contributed by atoms with Crippen LogP contribution < -0.4 is 23.5 Å². The molecule has 9 nitrogen and oxygen atoms in total. The van der Waals surface area contributed by atoms with Crippen LogP contribution in [0.15, 0.2) is 30.3 Å². The summed E-state index contributed by atoms with van der Waals surface area (Å²) >= 11 is 0. The van der Waals surface area contributed by atoms with Crippen LogP contribution in [0.1, 0.15) is 27.9 Å². The first-order chi connectivity index (χ1) is 14.7. The smallest absolute Gasteiger partial charge is 0.493 e. The van der Waals surface area contributed by atoms with Crippen LogP contribution in [0.3, 0.4) is 0 Å². The summed E-state index contributed by atoms with van der Waals surface area (Å²) in [6.07, 6.45) is 2.68. The van der Waals surface area contributed by atoms with Crippen molar-refractivity contribution in [1.82, 2.24) is 0 Å². The maximum Gasteiger partial charge on any atom is 0.524 e. The van der Waals surface area contributed by atoms with E-state index in [1.165, 1.54) is 34.5 Å². The number of ketones is 1. The Morgan fingerprint density at radius 3 is 2.03 bits per heavy atom. The first kappa shape index (κ1) is 22.7. The molecule has 166 valence electrons. The lowest BCUT2D eigenvalue weighted by Crippen LogP contribution is -2.11. The number of carbonyl (C=O) groups excluding carboxylic acids is 1. The molecular formula is C21H23O9P. The van der Waals surface area contributed by atoms with Crippen LogP contribution in [0.25, 0.3) is 5.57 Å². The molecule has 0 saturated heterocycles. The Hall–Kier alpha value is -3.00. The van der Waals surface area contributed by atoms with E-state index >= 15 is 0 Å². The molecular weight excluding hydrogens is 427 g/mol. The number of Topliss-reactive ketones (excluding diaryl/α,β-unsaturated/α-hetero) is 1. The standard InChI is InChI=1S/C21H23O9P/c1-26-16-9-8-13-14(6-5-7-15(13)20(16)30-31(23,24)25)19(22)12-10-17(27-2)21(29-4)18(11-12)28-3/h6,8-11H,5,7H2,1-4H3,(H2,23,24,25). The molecule has 0 heterocycles. The normalized spacial score (nSPS) is 13.0. The number of ether oxygens (including phenoxy) is 4. The lowest BCUT2D eigenvalue weighted by atomic mass is 9.86. The lowest BCUT2D eigenvalue weighted by molar-refractivity contribution is 0.105. The van der Waals surface area contributed by atoms with Gasteiger partial charge in [-0.15, -0.1) is 0 Å². The van der Waals surface area contributed by atoms with Gasteiger partial charge in [-0.2, -0.15) is 0 Å². The minimum atomic E-state index is -4.84. The SMILES string of the molecule is COc1cc(C(=O)C2=CCCc3c2ccc(OC)c3OP(=O)(O)O)cc(OC)c1OC. The molecule has 0 unspecified atom stereocenters. The second-order valence-electron chi connectivity index (χ2n) is 6.60. The second kappa shape index (κ2) is 9.01. The van der Waals surface area contributed by atoms with Gasteiger partial charge in [0.2, 0.25) is 5.75 Å². The minimum Gasteiger partial charge on any atom is -0.493 e. The molecule has 0 amide bonds. The molecule has 1 aliphatic rings. The van der Waals surface area contributed by atoms with Crippen molar-refractivity contribution in [2.24, 2.45) is 0 Å². The Labute approximate surface area is 179 Å². The molecule has 0 aromatic heterocycles. The molecule has 0 aliphatic heterocycles. The van der Waals surface area contributed by atoms with Crippen molar-refractivity contribution in [3.63, 3.8) is 0 Å². The van der Waals surface area contributed by atoms with Crippen LogP contribution in [-0.2, 0) is 11.0 Å². The number of methoxy groups -OCH3 is 4. The fourth-order valence-corrected chi connectivity index (χ4v) is 3.98.